The molecule has 1 N–H and O–H groups in total. The van der Waals surface area contributed by atoms with E-state index in [4.69, 9.17) is 0 Å². The normalized spacial score (nSPS) is 11.3. The largest absolute Gasteiger partial charge is 0.282 e. The Morgan fingerprint density at radius 2 is 2.33 bits per heavy atom. The van der Waals surface area contributed by atoms with Crippen molar-refractivity contribution >= 4 is 13.8 Å². The summed E-state index contributed by atoms with van der Waals surface area (Å²) >= 11 is 0. The number of hydrogen-bond donors (Lipinski definition) is 1. The van der Waals surface area contributed by atoms with Crippen molar-refractivity contribution in [2.75, 3.05) is 20.0 Å². The molecule has 0 aliphatic heterocycles. The first-order valence-electron chi connectivity index (χ1n) is 1.93. The molecular weight excluding hydrogens is 93.0 g/mol. The fourth-order valence-electron chi connectivity index (χ4n) is 0.270. The summed E-state index contributed by atoms with van der Waals surface area (Å²) < 4.78 is 0. The van der Waals surface area contributed by atoms with Crippen molar-refractivity contribution in [3.8, 4) is 0 Å². The van der Waals surface area contributed by atoms with Gasteiger partial charge in [-0.15, -0.1) is 0 Å². The summed E-state index contributed by atoms with van der Waals surface area (Å²) in [6.07, 6.45) is 4.91. The Morgan fingerprint density at radius 1 is 1.83 bits per heavy atom. The van der Waals surface area contributed by atoms with E-state index in [0.717, 1.165) is 6.29 Å². The highest BCUT2D eigenvalue weighted by Gasteiger charge is 1.87. The Balaban J connectivity index is 2.83. The molecule has 0 aliphatic rings. The zero-order valence-electron chi connectivity index (χ0n) is 4.36. The second-order valence-corrected chi connectivity index (χ2v) is 3.40. The number of nitrogens with one attached hydrogen (secondary N) is 1. The minimum absolute atomic E-state index is 0.0383. The third kappa shape index (κ3) is 4.13. The van der Waals surface area contributed by atoms with E-state index >= 15 is 0 Å². The second kappa shape index (κ2) is 3.32. The van der Waals surface area contributed by atoms with Crippen LogP contribution >= 0.6 is 7.55 Å². The van der Waals surface area contributed by atoms with Gasteiger partial charge in [-0.25, -0.2) is 0 Å². The van der Waals surface area contributed by atoms with Gasteiger partial charge in [-0.3, -0.25) is 5.32 Å². The maximum absolute atomic E-state index is 3.83. The summed E-state index contributed by atoms with van der Waals surface area (Å²) in [7, 11) is 1.99. The lowest BCUT2D eigenvalue weighted by atomic mass is 11.3. The van der Waals surface area contributed by atoms with E-state index in [-0.39, 0.29) is 7.55 Å². The molecule has 0 rings (SSSR count). The van der Waals surface area contributed by atoms with Gasteiger partial charge in [0.05, 0.1) is 20.5 Å². The molecule has 0 amide bonds. The van der Waals surface area contributed by atoms with Crippen LogP contribution in [-0.2, 0) is 0 Å². The lowest BCUT2D eigenvalue weighted by Gasteiger charge is -1.80. The van der Waals surface area contributed by atoms with Crippen molar-refractivity contribution in [2.45, 2.75) is 0 Å². The topological polar surface area (TPSA) is 12.0 Å². The highest BCUT2D eigenvalue weighted by atomic mass is 31.1. The third-order valence-corrected chi connectivity index (χ3v) is 1.28. The summed E-state index contributed by atoms with van der Waals surface area (Å²) in [6.45, 7) is 2.14. The third-order valence-electron chi connectivity index (χ3n) is 0.428. The molecule has 1 nitrogen and oxygen atoms in total. The summed E-state index contributed by atoms with van der Waals surface area (Å²) in [5.74, 6) is 0. The van der Waals surface area contributed by atoms with E-state index in [1.54, 1.807) is 0 Å². The molecule has 0 aliphatic carbocycles. The summed E-state index contributed by atoms with van der Waals surface area (Å²) in [5, 5.41) is 3.03. The van der Waals surface area contributed by atoms with Gasteiger partial charge in [-0.05, 0) is 7.05 Å². The van der Waals surface area contributed by atoms with Crippen molar-refractivity contribution in [1.82, 2.24) is 5.32 Å². The molecule has 0 radical (unpaired) electrons. The van der Waals surface area contributed by atoms with Crippen molar-refractivity contribution in [3.05, 3.63) is 0 Å². The zero-order valence-corrected chi connectivity index (χ0v) is 5.26. The van der Waals surface area contributed by atoms with Gasteiger partial charge >= 0.3 is 0 Å². The molecule has 1 unspecified atom stereocenters. The highest BCUT2D eigenvalue weighted by Crippen LogP contribution is 2.06. The van der Waals surface area contributed by atoms with E-state index < -0.39 is 0 Å². The van der Waals surface area contributed by atoms with E-state index in [1.807, 2.05) is 7.05 Å². The quantitative estimate of drug-likeness (QED) is 0.509. The Hall–Kier alpha value is 0.130. The first kappa shape index (κ1) is 6.13. The highest BCUT2D eigenvalue weighted by molar-refractivity contribution is 7.54. The van der Waals surface area contributed by atoms with Crippen LogP contribution in [0.4, 0.5) is 0 Å². The molecular formula is C4H11NP+. The lowest BCUT2D eigenvalue weighted by Crippen LogP contribution is -2.02. The SMILES string of the molecule is C=[P+](C)CNC. The van der Waals surface area contributed by atoms with Crippen LogP contribution in [0.3, 0.4) is 0 Å². The molecule has 0 aromatic rings. The Bertz CT molecular complexity index is 51.5. The van der Waals surface area contributed by atoms with Crippen LogP contribution < -0.4 is 5.32 Å². The maximum atomic E-state index is 3.83. The molecule has 36 valence electrons. The van der Waals surface area contributed by atoms with Crippen LogP contribution in [0.1, 0.15) is 0 Å². The first-order chi connectivity index (χ1) is 2.77. The fourth-order valence-corrected chi connectivity index (χ4v) is 0.810. The molecule has 1 atom stereocenters. The molecule has 0 heterocycles. The standard InChI is InChI=1S/C4H11NP/c1-5-4-6(2)3/h5H,2,4H2,1,3H3/q+1. The van der Waals surface area contributed by atoms with Gasteiger partial charge in [-0.1, -0.05) is 0 Å². The molecule has 0 aromatic carbocycles. The van der Waals surface area contributed by atoms with Gasteiger partial charge in [0, 0.05) is 0 Å². The summed E-state index contributed by atoms with van der Waals surface area (Å²) in [4.78, 5) is 0. The average molecular weight is 104 g/mol. The monoisotopic (exact) mass is 104 g/mol. The molecule has 0 saturated carbocycles. The maximum Gasteiger partial charge on any atom is 0.156 e. The average Bonchev–Trinajstić information content (AvgIpc) is 1.35. The molecule has 2 heteroatoms. The van der Waals surface area contributed by atoms with Crippen molar-refractivity contribution < 1.29 is 0 Å². The molecule has 0 saturated heterocycles. The van der Waals surface area contributed by atoms with E-state index in [1.165, 1.54) is 0 Å². The predicted octanol–water partition coefficient (Wildman–Crippen LogP) is 0.707. The molecule has 0 fully saturated rings. The van der Waals surface area contributed by atoms with Crippen LogP contribution in [0.25, 0.3) is 0 Å². The number of hydrogen-bond acceptors (Lipinski definition) is 1. The van der Waals surface area contributed by atoms with Crippen LogP contribution in [0.2, 0.25) is 0 Å². The van der Waals surface area contributed by atoms with E-state index in [0.29, 0.717) is 0 Å². The molecule has 0 bridgehead atoms. The van der Waals surface area contributed by atoms with Gasteiger partial charge in [0.1, 0.15) is 0 Å². The number of rotatable bonds is 2. The van der Waals surface area contributed by atoms with E-state index in [9.17, 15) is 0 Å². The zero-order chi connectivity index (χ0) is 4.99. The van der Waals surface area contributed by atoms with Gasteiger partial charge in [0.25, 0.3) is 0 Å². The summed E-state index contributed by atoms with van der Waals surface area (Å²) in [5.41, 5.74) is 0. The van der Waals surface area contributed by atoms with Gasteiger partial charge < -0.3 is 0 Å². The van der Waals surface area contributed by atoms with Crippen LogP contribution in [0.15, 0.2) is 0 Å². The predicted molar refractivity (Wildman–Crippen MR) is 33.9 cm³/mol. The van der Waals surface area contributed by atoms with Gasteiger partial charge in [0.2, 0.25) is 0 Å². The van der Waals surface area contributed by atoms with E-state index in [2.05, 4.69) is 18.3 Å². The van der Waals surface area contributed by atoms with Crippen molar-refractivity contribution in [1.29, 1.82) is 0 Å². The minimum Gasteiger partial charge on any atom is -0.282 e. The fraction of sp³-hybridized carbons (Fsp3) is 0.750. The molecule has 6 heavy (non-hydrogen) atoms. The first-order valence-corrected chi connectivity index (χ1v) is 4.09. The van der Waals surface area contributed by atoms with Crippen LogP contribution in [0.5, 0.6) is 0 Å². The molecule has 0 aromatic heterocycles. The Labute approximate surface area is 40.1 Å². The Kier molecular flexibility index (Phi) is 3.40. The lowest BCUT2D eigenvalue weighted by molar-refractivity contribution is 0.979. The van der Waals surface area contributed by atoms with Gasteiger partial charge in [0.15, 0.2) is 6.29 Å². The van der Waals surface area contributed by atoms with Crippen molar-refractivity contribution in [3.63, 3.8) is 0 Å². The van der Waals surface area contributed by atoms with Crippen LogP contribution in [0, 0.1) is 0 Å². The molecule has 0 spiro atoms. The van der Waals surface area contributed by atoms with Gasteiger partial charge in [-0.2, -0.15) is 0 Å². The summed E-state index contributed by atoms with van der Waals surface area (Å²) in [6, 6.07) is 0. The minimum atomic E-state index is 0.0383. The second-order valence-electron chi connectivity index (χ2n) is 1.37. The van der Waals surface area contributed by atoms with Crippen LogP contribution in [-0.4, -0.2) is 26.3 Å². The Morgan fingerprint density at radius 3 is 2.33 bits per heavy atom. The van der Waals surface area contributed by atoms with Crippen molar-refractivity contribution in [2.24, 2.45) is 0 Å². The smallest absolute Gasteiger partial charge is 0.156 e.